The van der Waals surface area contributed by atoms with Crippen LogP contribution in [0.1, 0.15) is 24.2 Å². The third-order valence-corrected chi connectivity index (χ3v) is 4.45. The monoisotopic (exact) mass is 263 g/mol. The minimum atomic E-state index is 0.759. The van der Waals surface area contributed by atoms with Gasteiger partial charge in [0.05, 0.1) is 11.4 Å². The average molecular weight is 263 g/mol. The summed E-state index contributed by atoms with van der Waals surface area (Å²) in [5.41, 5.74) is 2.41. The lowest BCUT2D eigenvalue weighted by Crippen LogP contribution is -2.32. The highest BCUT2D eigenvalue weighted by Crippen LogP contribution is 2.19. The van der Waals surface area contributed by atoms with E-state index in [0.29, 0.717) is 0 Å². The Morgan fingerprint density at radius 1 is 1.22 bits per heavy atom. The van der Waals surface area contributed by atoms with Gasteiger partial charge in [0, 0.05) is 43.7 Å². The first-order valence-electron chi connectivity index (χ1n) is 6.88. The van der Waals surface area contributed by atoms with Gasteiger partial charge in [-0.3, -0.25) is 9.88 Å². The lowest BCUT2D eigenvalue weighted by molar-refractivity contribution is 0.291. The van der Waals surface area contributed by atoms with E-state index in [4.69, 9.17) is 4.98 Å². The molecule has 2 fully saturated rings. The van der Waals surface area contributed by atoms with Gasteiger partial charge < -0.3 is 5.32 Å². The largest absolute Gasteiger partial charge is 0.308 e. The number of pyridine rings is 1. The van der Waals surface area contributed by atoms with Crippen molar-refractivity contribution < 1.29 is 0 Å². The molecule has 1 aromatic rings. The maximum absolute atomic E-state index is 4.76. The van der Waals surface area contributed by atoms with E-state index in [1.807, 2.05) is 0 Å². The van der Waals surface area contributed by atoms with Gasteiger partial charge >= 0.3 is 0 Å². The van der Waals surface area contributed by atoms with Crippen LogP contribution in [0.4, 0.5) is 0 Å². The fourth-order valence-corrected chi connectivity index (χ4v) is 3.22. The van der Waals surface area contributed by atoms with Crippen LogP contribution < -0.4 is 5.32 Å². The molecule has 2 aliphatic rings. The molecule has 0 unspecified atom stereocenters. The van der Waals surface area contributed by atoms with E-state index < -0.39 is 0 Å². The van der Waals surface area contributed by atoms with E-state index in [2.05, 4.69) is 40.2 Å². The molecule has 3 nitrogen and oxygen atoms in total. The number of aromatic nitrogens is 1. The normalized spacial score (nSPS) is 21.1. The third-order valence-electron chi connectivity index (χ3n) is 3.50. The van der Waals surface area contributed by atoms with E-state index in [1.165, 1.54) is 48.8 Å². The van der Waals surface area contributed by atoms with Crippen molar-refractivity contribution in [3.63, 3.8) is 0 Å². The maximum atomic E-state index is 4.76. The summed E-state index contributed by atoms with van der Waals surface area (Å²) in [7, 11) is 0. The van der Waals surface area contributed by atoms with E-state index in [-0.39, 0.29) is 0 Å². The first-order chi connectivity index (χ1) is 8.90. The zero-order valence-corrected chi connectivity index (χ0v) is 11.6. The lowest BCUT2D eigenvalue weighted by atomic mass is 10.2. The van der Waals surface area contributed by atoms with Crippen molar-refractivity contribution in [1.29, 1.82) is 0 Å². The highest BCUT2D eigenvalue weighted by atomic mass is 32.2. The number of nitrogens with one attached hydrogen (secondary N) is 1. The van der Waals surface area contributed by atoms with Crippen LogP contribution in [-0.4, -0.2) is 40.5 Å². The molecule has 18 heavy (non-hydrogen) atoms. The summed E-state index contributed by atoms with van der Waals surface area (Å²) in [5.74, 6) is 2.53. The van der Waals surface area contributed by atoms with Crippen LogP contribution in [0.2, 0.25) is 0 Å². The van der Waals surface area contributed by atoms with Crippen molar-refractivity contribution in [3.8, 4) is 0 Å². The summed E-state index contributed by atoms with van der Waals surface area (Å²) in [6.45, 7) is 4.35. The molecule has 0 spiro atoms. The van der Waals surface area contributed by atoms with Gasteiger partial charge in [-0.1, -0.05) is 6.07 Å². The molecular formula is C14H21N3S. The molecule has 1 aliphatic heterocycles. The summed E-state index contributed by atoms with van der Waals surface area (Å²) >= 11 is 2.06. The minimum absolute atomic E-state index is 0.759. The zero-order valence-electron chi connectivity index (χ0n) is 10.8. The molecule has 98 valence electrons. The van der Waals surface area contributed by atoms with E-state index >= 15 is 0 Å². The molecule has 0 atom stereocenters. The Balaban J connectivity index is 1.55. The molecule has 0 bridgehead atoms. The van der Waals surface area contributed by atoms with Crippen LogP contribution in [-0.2, 0) is 13.1 Å². The van der Waals surface area contributed by atoms with Crippen LogP contribution in [0.15, 0.2) is 18.2 Å². The molecule has 4 heteroatoms. The minimum Gasteiger partial charge on any atom is -0.308 e. The third kappa shape index (κ3) is 3.70. The van der Waals surface area contributed by atoms with Gasteiger partial charge in [0.15, 0.2) is 0 Å². The van der Waals surface area contributed by atoms with Gasteiger partial charge in [0.1, 0.15) is 0 Å². The molecule has 1 N–H and O–H groups in total. The quantitative estimate of drug-likeness (QED) is 0.878. The van der Waals surface area contributed by atoms with Crippen LogP contribution >= 0.6 is 11.8 Å². The topological polar surface area (TPSA) is 28.2 Å². The van der Waals surface area contributed by atoms with Crippen LogP contribution in [0, 0.1) is 0 Å². The molecule has 1 saturated carbocycles. The highest BCUT2D eigenvalue weighted by Gasteiger charge is 2.20. The Bertz CT molecular complexity index is 386. The average Bonchev–Trinajstić information content (AvgIpc) is 3.22. The number of rotatable bonds is 5. The Hall–Kier alpha value is -0.580. The van der Waals surface area contributed by atoms with Crippen molar-refractivity contribution in [3.05, 3.63) is 29.6 Å². The first kappa shape index (κ1) is 12.5. The van der Waals surface area contributed by atoms with Crippen molar-refractivity contribution in [2.24, 2.45) is 0 Å². The molecule has 3 rings (SSSR count). The Labute approximate surface area is 113 Å². The molecule has 1 aliphatic carbocycles. The molecular weight excluding hydrogens is 242 g/mol. The van der Waals surface area contributed by atoms with Crippen molar-refractivity contribution >= 4 is 11.8 Å². The van der Waals surface area contributed by atoms with Gasteiger partial charge in [-0.15, -0.1) is 0 Å². The van der Waals surface area contributed by atoms with Gasteiger partial charge in [0.2, 0.25) is 0 Å². The number of thioether (sulfide) groups is 1. The van der Waals surface area contributed by atoms with E-state index in [1.54, 1.807) is 0 Å². The highest BCUT2D eigenvalue weighted by molar-refractivity contribution is 7.99. The second-order valence-corrected chi connectivity index (χ2v) is 6.39. The summed E-state index contributed by atoms with van der Waals surface area (Å²) in [5, 5.41) is 3.52. The first-order valence-corrected chi connectivity index (χ1v) is 8.04. The Kier molecular flexibility index (Phi) is 4.18. The second kappa shape index (κ2) is 6.04. The predicted octanol–water partition coefficient (Wildman–Crippen LogP) is 1.88. The molecule has 2 heterocycles. The van der Waals surface area contributed by atoms with Crippen molar-refractivity contribution in [2.75, 3.05) is 24.6 Å². The molecule has 0 amide bonds. The molecule has 1 aromatic heterocycles. The Morgan fingerprint density at radius 3 is 2.78 bits per heavy atom. The van der Waals surface area contributed by atoms with Crippen LogP contribution in [0.3, 0.4) is 0 Å². The summed E-state index contributed by atoms with van der Waals surface area (Å²) < 4.78 is 0. The summed E-state index contributed by atoms with van der Waals surface area (Å²) in [4.78, 5) is 7.27. The van der Waals surface area contributed by atoms with Gasteiger partial charge in [0.25, 0.3) is 0 Å². The molecule has 0 radical (unpaired) electrons. The van der Waals surface area contributed by atoms with E-state index in [0.717, 1.165) is 19.1 Å². The molecule has 0 aromatic carbocycles. The summed E-state index contributed by atoms with van der Waals surface area (Å²) in [6.07, 6.45) is 2.68. The van der Waals surface area contributed by atoms with Crippen LogP contribution in [0.5, 0.6) is 0 Å². The lowest BCUT2D eigenvalue weighted by Gasteiger charge is -2.25. The molecule has 1 saturated heterocycles. The van der Waals surface area contributed by atoms with Gasteiger partial charge in [-0.2, -0.15) is 11.8 Å². The SMILES string of the molecule is c1cc(CNC2CC2)nc(CN2CCSCC2)c1. The standard InChI is InChI=1S/C14H21N3S/c1-2-13(10-15-12-4-5-12)16-14(3-1)11-17-6-8-18-9-7-17/h1-3,12,15H,4-11H2. The fourth-order valence-electron chi connectivity index (χ4n) is 2.24. The number of nitrogens with zero attached hydrogens (tertiary/aromatic N) is 2. The number of hydrogen-bond donors (Lipinski definition) is 1. The van der Waals surface area contributed by atoms with Gasteiger partial charge in [-0.05, 0) is 25.0 Å². The maximum Gasteiger partial charge on any atom is 0.0547 e. The Morgan fingerprint density at radius 2 is 2.00 bits per heavy atom. The van der Waals surface area contributed by atoms with Gasteiger partial charge in [-0.25, -0.2) is 0 Å². The predicted molar refractivity (Wildman–Crippen MR) is 76.7 cm³/mol. The van der Waals surface area contributed by atoms with E-state index in [9.17, 15) is 0 Å². The smallest absolute Gasteiger partial charge is 0.0547 e. The fraction of sp³-hybridized carbons (Fsp3) is 0.643. The van der Waals surface area contributed by atoms with Crippen LogP contribution in [0.25, 0.3) is 0 Å². The summed E-state index contributed by atoms with van der Waals surface area (Å²) in [6, 6.07) is 7.19. The van der Waals surface area contributed by atoms with Crippen molar-refractivity contribution in [2.45, 2.75) is 32.0 Å². The second-order valence-electron chi connectivity index (χ2n) is 5.16. The number of hydrogen-bond acceptors (Lipinski definition) is 4. The van der Waals surface area contributed by atoms with Crippen molar-refractivity contribution in [1.82, 2.24) is 15.2 Å². The zero-order chi connectivity index (χ0) is 12.2.